The van der Waals surface area contributed by atoms with E-state index in [0.717, 1.165) is 36.8 Å². The molecule has 1 unspecified atom stereocenters. The highest BCUT2D eigenvalue weighted by Gasteiger charge is 2.38. The number of ether oxygens (including phenoxy) is 1. The number of aromatic amines is 1. The summed E-state index contributed by atoms with van der Waals surface area (Å²) in [5.41, 5.74) is 1.96. The topological polar surface area (TPSA) is 120 Å². The first-order valence-corrected chi connectivity index (χ1v) is 9.97. The van der Waals surface area contributed by atoms with Crippen molar-refractivity contribution < 1.29 is 32.6 Å². The van der Waals surface area contributed by atoms with Crippen molar-refractivity contribution in [3.63, 3.8) is 0 Å². The van der Waals surface area contributed by atoms with Crippen LogP contribution in [0.15, 0.2) is 42.7 Å². The molecule has 1 atom stereocenters. The van der Waals surface area contributed by atoms with Gasteiger partial charge in [-0.3, -0.25) is 14.9 Å². The van der Waals surface area contributed by atoms with E-state index in [2.05, 4.69) is 32.4 Å². The lowest BCUT2D eigenvalue weighted by Gasteiger charge is -2.30. The number of likely N-dealkylation sites (N-methyl/N-ethyl adjacent to an activating group) is 1. The van der Waals surface area contributed by atoms with Crippen LogP contribution in [-0.4, -0.2) is 69.5 Å². The van der Waals surface area contributed by atoms with Crippen molar-refractivity contribution in [2.75, 3.05) is 25.5 Å². The summed E-state index contributed by atoms with van der Waals surface area (Å²) < 4.78 is 37.8. The number of pyridine rings is 1. The predicted octanol–water partition coefficient (Wildman–Crippen LogP) is 3.32. The summed E-state index contributed by atoms with van der Waals surface area (Å²) >= 11 is 0. The summed E-state index contributed by atoms with van der Waals surface area (Å²) in [6.07, 6.45) is 0.541. The third-order valence-electron chi connectivity index (χ3n) is 4.79. The van der Waals surface area contributed by atoms with Gasteiger partial charge < -0.3 is 20.1 Å². The zero-order valence-corrected chi connectivity index (χ0v) is 17.6. The number of carbonyl (C=O) groups is 2. The Hall–Kier alpha value is -3.67. The molecule has 1 amide bonds. The second kappa shape index (κ2) is 10.3. The molecule has 1 aliphatic heterocycles. The Kier molecular flexibility index (Phi) is 7.48. The normalized spacial score (nSPS) is 16.5. The Morgan fingerprint density at radius 2 is 2.03 bits per heavy atom. The van der Waals surface area contributed by atoms with Crippen LogP contribution in [0, 0.1) is 0 Å². The van der Waals surface area contributed by atoms with Gasteiger partial charge in [0.1, 0.15) is 17.5 Å². The minimum atomic E-state index is -5.08. The minimum absolute atomic E-state index is 0.149. The summed E-state index contributed by atoms with van der Waals surface area (Å²) in [7, 11) is 2.10. The highest BCUT2D eigenvalue weighted by molar-refractivity contribution is 6.03. The van der Waals surface area contributed by atoms with E-state index in [0.29, 0.717) is 17.1 Å². The quantitative estimate of drug-likeness (QED) is 0.541. The van der Waals surface area contributed by atoms with Crippen molar-refractivity contribution in [2.24, 2.45) is 0 Å². The van der Waals surface area contributed by atoms with Crippen LogP contribution in [0.1, 0.15) is 23.3 Å². The zero-order valence-electron chi connectivity index (χ0n) is 17.6. The number of aromatic nitrogens is 3. The smallest absolute Gasteiger partial charge is 0.489 e. The maximum absolute atomic E-state index is 12.5. The number of hydrogen-bond acceptors (Lipinski definition) is 6. The first kappa shape index (κ1) is 24.0. The fraction of sp³-hybridized carbons (Fsp3) is 0.333. The maximum atomic E-state index is 12.5. The second-order valence-electron chi connectivity index (χ2n) is 7.45. The lowest BCUT2D eigenvalue weighted by molar-refractivity contribution is -0.192. The van der Waals surface area contributed by atoms with Gasteiger partial charge in [-0.1, -0.05) is 0 Å². The Balaban J connectivity index is 0.000000383. The van der Waals surface area contributed by atoms with Gasteiger partial charge in [0, 0.05) is 29.9 Å². The number of nitrogens with one attached hydrogen (secondary N) is 2. The van der Waals surface area contributed by atoms with Gasteiger partial charge in [-0.05, 0) is 50.7 Å². The largest absolute Gasteiger partial charge is 0.490 e. The molecule has 3 aromatic rings. The van der Waals surface area contributed by atoms with Crippen LogP contribution < -0.4 is 10.1 Å². The molecule has 0 spiro atoms. The summed E-state index contributed by atoms with van der Waals surface area (Å²) in [4.78, 5) is 27.9. The van der Waals surface area contributed by atoms with Crippen LogP contribution >= 0.6 is 0 Å². The van der Waals surface area contributed by atoms with Gasteiger partial charge in [-0.2, -0.15) is 18.3 Å². The molecule has 0 aliphatic carbocycles. The van der Waals surface area contributed by atoms with Gasteiger partial charge in [0.15, 0.2) is 0 Å². The molecule has 176 valence electrons. The van der Waals surface area contributed by atoms with Crippen LogP contribution in [0.2, 0.25) is 0 Å². The number of H-pyrrole nitrogens is 1. The maximum Gasteiger partial charge on any atom is 0.490 e. The fourth-order valence-corrected chi connectivity index (χ4v) is 3.23. The average Bonchev–Trinajstić information content (AvgIpc) is 3.21. The van der Waals surface area contributed by atoms with Gasteiger partial charge in [-0.25, -0.2) is 4.79 Å². The number of anilines is 1. The van der Waals surface area contributed by atoms with Crippen molar-refractivity contribution in [2.45, 2.75) is 25.1 Å². The molecule has 2 aromatic heterocycles. The number of hydrogen-bond donors (Lipinski definition) is 3. The molecule has 3 heterocycles. The van der Waals surface area contributed by atoms with Gasteiger partial charge >= 0.3 is 12.1 Å². The van der Waals surface area contributed by atoms with Crippen molar-refractivity contribution in [3.05, 3.63) is 48.4 Å². The van der Waals surface area contributed by atoms with Crippen LogP contribution in [0.3, 0.4) is 0 Å². The number of carboxylic acid groups (broad SMARTS) is 1. The molecule has 0 saturated carbocycles. The molecular formula is C21H22F3N5O4. The number of carbonyl (C=O) groups excluding carboxylic acids is 1. The van der Waals surface area contributed by atoms with Gasteiger partial charge in [0.2, 0.25) is 0 Å². The van der Waals surface area contributed by atoms with E-state index in [1.165, 1.54) is 0 Å². The number of rotatable bonds is 4. The van der Waals surface area contributed by atoms with Crippen LogP contribution in [0.4, 0.5) is 18.9 Å². The van der Waals surface area contributed by atoms with E-state index in [4.69, 9.17) is 14.6 Å². The lowest BCUT2D eigenvalue weighted by atomic mass is 10.1. The Bertz CT molecular complexity index is 1120. The predicted molar refractivity (Wildman–Crippen MR) is 113 cm³/mol. The number of amides is 1. The van der Waals surface area contributed by atoms with E-state index in [-0.39, 0.29) is 12.0 Å². The summed E-state index contributed by atoms with van der Waals surface area (Å²) in [5, 5.41) is 17.8. The molecule has 0 radical (unpaired) electrons. The number of halogens is 3. The van der Waals surface area contributed by atoms with Crippen molar-refractivity contribution >= 4 is 28.5 Å². The number of carboxylic acids is 1. The van der Waals surface area contributed by atoms with Crippen LogP contribution in [0.5, 0.6) is 5.75 Å². The molecule has 1 aliphatic rings. The number of nitrogens with zero attached hydrogens (tertiary/aromatic N) is 3. The molecule has 33 heavy (non-hydrogen) atoms. The molecule has 9 nitrogen and oxygen atoms in total. The Morgan fingerprint density at radius 3 is 2.73 bits per heavy atom. The third-order valence-corrected chi connectivity index (χ3v) is 4.79. The second-order valence-corrected chi connectivity index (χ2v) is 7.45. The fourth-order valence-electron chi connectivity index (χ4n) is 3.23. The SMILES string of the molecule is CN1CCCC(Oc2ccnc(C(=O)Nc3ccc4[nH]ncc4c3)c2)C1.O=C(O)C(F)(F)F. The number of fused-ring (bicyclic) bond motifs is 1. The number of likely N-dealkylation sites (tertiary alicyclic amines) is 1. The zero-order chi connectivity index (χ0) is 24.0. The monoisotopic (exact) mass is 465 g/mol. The van der Waals surface area contributed by atoms with Crippen molar-refractivity contribution in [1.82, 2.24) is 20.1 Å². The Labute approximate surface area is 186 Å². The van der Waals surface area contributed by atoms with E-state index in [1.54, 1.807) is 24.5 Å². The number of aliphatic carboxylic acids is 1. The Morgan fingerprint density at radius 1 is 1.27 bits per heavy atom. The minimum Gasteiger partial charge on any atom is -0.489 e. The average molecular weight is 465 g/mol. The lowest BCUT2D eigenvalue weighted by Crippen LogP contribution is -2.38. The van der Waals surface area contributed by atoms with Crippen LogP contribution in [-0.2, 0) is 4.79 Å². The molecule has 3 N–H and O–H groups in total. The highest BCUT2D eigenvalue weighted by Crippen LogP contribution is 2.20. The molecule has 1 aromatic carbocycles. The molecule has 1 saturated heterocycles. The first-order valence-electron chi connectivity index (χ1n) is 9.97. The number of piperidine rings is 1. The standard InChI is InChI=1S/C19H21N5O2.C2HF3O2/c1-24-8-2-3-16(12-24)26-15-6-7-20-18(10-15)19(25)22-14-4-5-17-13(9-14)11-21-23-17;3-2(4,5)1(6)7/h4-7,9-11,16H,2-3,8,12H2,1H3,(H,21,23)(H,22,25);(H,6,7). The number of alkyl halides is 3. The number of benzene rings is 1. The van der Waals surface area contributed by atoms with Crippen LogP contribution in [0.25, 0.3) is 10.9 Å². The summed E-state index contributed by atoms with van der Waals surface area (Å²) in [5.74, 6) is -2.35. The molecule has 1 fully saturated rings. The summed E-state index contributed by atoms with van der Waals surface area (Å²) in [6, 6.07) is 9.07. The molecule has 12 heteroatoms. The van der Waals surface area contributed by atoms with Crippen molar-refractivity contribution in [3.8, 4) is 5.75 Å². The first-order chi connectivity index (χ1) is 15.6. The third kappa shape index (κ3) is 6.91. The molecule has 0 bridgehead atoms. The van der Waals surface area contributed by atoms with Gasteiger partial charge in [-0.15, -0.1) is 0 Å². The summed E-state index contributed by atoms with van der Waals surface area (Å²) in [6.45, 7) is 2.00. The molecule has 4 rings (SSSR count). The van der Waals surface area contributed by atoms with E-state index in [1.807, 2.05) is 18.2 Å². The van der Waals surface area contributed by atoms with Gasteiger partial charge in [0.25, 0.3) is 5.91 Å². The van der Waals surface area contributed by atoms with E-state index < -0.39 is 12.1 Å². The highest BCUT2D eigenvalue weighted by atomic mass is 19.4. The molecular weight excluding hydrogens is 443 g/mol. The van der Waals surface area contributed by atoms with Gasteiger partial charge in [0.05, 0.1) is 11.7 Å². The van der Waals surface area contributed by atoms with E-state index in [9.17, 15) is 18.0 Å². The van der Waals surface area contributed by atoms with Crippen molar-refractivity contribution in [1.29, 1.82) is 0 Å². The van der Waals surface area contributed by atoms with E-state index >= 15 is 0 Å².